The summed E-state index contributed by atoms with van der Waals surface area (Å²) in [6.45, 7) is 4.07. The van der Waals surface area contributed by atoms with E-state index in [1.165, 1.54) is 6.20 Å². The van der Waals surface area contributed by atoms with E-state index in [-0.39, 0.29) is 5.75 Å². The molecule has 0 bridgehead atoms. The number of aromatic nitrogens is 2. The quantitative estimate of drug-likeness (QED) is 0.763. The number of benzene rings is 2. The van der Waals surface area contributed by atoms with Gasteiger partial charge in [-0.25, -0.2) is 4.68 Å². The Morgan fingerprint density at radius 1 is 0.900 bits per heavy atom. The first-order valence-electron chi connectivity index (χ1n) is 6.57. The van der Waals surface area contributed by atoms with Crippen molar-refractivity contribution in [3.63, 3.8) is 0 Å². The highest BCUT2D eigenvalue weighted by atomic mass is 16.3. The molecule has 0 amide bonds. The SMILES string of the molecule is Cc1ccccc1-c1c(O)cnn1-c1ccccc1C. The molecule has 1 aromatic heterocycles. The normalized spacial score (nSPS) is 10.7. The first-order valence-corrected chi connectivity index (χ1v) is 6.57. The summed E-state index contributed by atoms with van der Waals surface area (Å²) in [6.07, 6.45) is 1.49. The smallest absolute Gasteiger partial charge is 0.162 e. The molecule has 3 nitrogen and oxygen atoms in total. The van der Waals surface area contributed by atoms with Gasteiger partial charge < -0.3 is 5.11 Å². The molecule has 0 saturated heterocycles. The van der Waals surface area contributed by atoms with Crippen molar-refractivity contribution in [2.75, 3.05) is 0 Å². The van der Waals surface area contributed by atoms with E-state index < -0.39 is 0 Å². The molecule has 0 saturated carbocycles. The maximum Gasteiger partial charge on any atom is 0.162 e. The summed E-state index contributed by atoms with van der Waals surface area (Å²) < 4.78 is 1.80. The molecule has 0 aliphatic carbocycles. The van der Waals surface area contributed by atoms with Crippen LogP contribution in [0.25, 0.3) is 16.9 Å². The van der Waals surface area contributed by atoms with Crippen molar-refractivity contribution >= 4 is 0 Å². The average Bonchev–Trinajstić information content (AvgIpc) is 2.82. The monoisotopic (exact) mass is 264 g/mol. The second kappa shape index (κ2) is 4.85. The summed E-state index contributed by atoms with van der Waals surface area (Å²) in [4.78, 5) is 0. The highest BCUT2D eigenvalue weighted by Gasteiger charge is 2.16. The first kappa shape index (κ1) is 12.5. The van der Waals surface area contributed by atoms with Gasteiger partial charge in [0.1, 0.15) is 5.69 Å². The fourth-order valence-electron chi connectivity index (χ4n) is 2.41. The summed E-state index contributed by atoms with van der Waals surface area (Å²) in [5.74, 6) is 0.197. The summed E-state index contributed by atoms with van der Waals surface area (Å²) in [5.41, 5.74) is 4.93. The van der Waals surface area contributed by atoms with E-state index >= 15 is 0 Å². The van der Waals surface area contributed by atoms with Gasteiger partial charge in [-0.05, 0) is 31.0 Å². The van der Waals surface area contributed by atoms with Crippen LogP contribution in [0.3, 0.4) is 0 Å². The molecule has 0 fully saturated rings. The molecule has 0 atom stereocenters. The van der Waals surface area contributed by atoms with Crippen molar-refractivity contribution in [3.8, 4) is 22.7 Å². The molecule has 0 unspecified atom stereocenters. The molecule has 0 spiro atoms. The lowest BCUT2D eigenvalue weighted by molar-refractivity contribution is 0.477. The van der Waals surface area contributed by atoms with Gasteiger partial charge in [-0.15, -0.1) is 0 Å². The van der Waals surface area contributed by atoms with Crippen LogP contribution in [0.1, 0.15) is 11.1 Å². The Kier molecular flexibility index (Phi) is 3.03. The van der Waals surface area contributed by atoms with Crippen molar-refractivity contribution in [2.45, 2.75) is 13.8 Å². The van der Waals surface area contributed by atoms with Gasteiger partial charge in [0.2, 0.25) is 0 Å². The van der Waals surface area contributed by atoms with Crippen LogP contribution >= 0.6 is 0 Å². The molecule has 3 rings (SSSR count). The zero-order valence-electron chi connectivity index (χ0n) is 11.5. The standard InChI is InChI=1S/C17H16N2O/c1-12-7-3-5-9-14(12)17-16(20)11-18-19(17)15-10-6-4-8-13(15)2/h3-11,20H,1-2H3. The minimum Gasteiger partial charge on any atom is -0.504 e. The van der Waals surface area contributed by atoms with Crippen molar-refractivity contribution in [2.24, 2.45) is 0 Å². The van der Waals surface area contributed by atoms with E-state index in [1.807, 2.05) is 62.4 Å². The molecule has 3 heteroatoms. The number of aryl methyl sites for hydroxylation is 2. The Morgan fingerprint density at radius 3 is 2.25 bits per heavy atom. The van der Waals surface area contributed by atoms with Crippen molar-refractivity contribution < 1.29 is 5.11 Å². The molecule has 0 aliphatic rings. The number of aromatic hydroxyl groups is 1. The van der Waals surface area contributed by atoms with Crippen molar-refractivity contribution in [3.05, 3.63) is 65.9 Å². The highest BCUT2D eigenvalue weighted by molar-refractivity contribution is 5.71. The molecular formula is C17H16N2O. The highest BCUT2D eigenvalue weighted by Crippen LogP contribution is 2.33. The van der Waals surface area contributed by atoms with Crippen LogP contribution in [0.15, 0.2) is 54.7 Å². The van der Waals surface area contributed by atoms with Crippen LogP contribution in [0.4, 0.5) is 0 Å². The Morgan fingerprint density at radius 2 is 1.55 bits per heavy atom. The topological polar surface area (TPSA) is 38.1 Å². The van der Waals surface area contributed by atoms with Crippen LogP contribution in [-0.2, 0) is 0 Å². The van der Waals surface area contributed by atoms with Crippen molar-refractivity contribution in [1.29, 1.82) is 0 Å². The van der Waals surface area contributed by atoms with Crippen molar-refractivity contribution in [1.82, 2.24) is 9.78 Å². The maximum atomic E-state index is 10.2. The zero-order valence-corrected chi connectivity index (χ0v) is 11.5. The van der Waals surface area contributed by atoms with Gasteiger partial charge in [0.05, 0.1) is 11.9 Å². The fourth-order valence-corrected chi connectivity index (χ4v) is 2.41. The number of hydrogen-bond donors (Lipinski definition) is 1. The van der Waals surface area contributed by atoms with E-state index in [1.54, 1.807) is 4.68 Å². The van der Waals surface area contributed by atoms with Crippen LogP contribution < -0.4 is 0 Å². The van der Waals surface area contributed by atoms with Gasteiger partial charge in [0.15, 0.2) is 5.75 Å². The van der Waals surface area contributed by atoms with E-state index in [0.29, 0.717) is 0 Å². The zero-order chi connectivity index (χ0) is 14.1. The molecule has 1 N–H and O–H groups in total. The molecular weight excluding hydrogens is 248 g/mol. The van der Waals surface area contributed by atoms with Gasteiger partial charge in [-0.3, -0.25) is 0 Å². The van der Waals surface area contributed by atoms with Crippen LogP contribution in [0.2, 0.25) is 0 Å². The van der Waals surface area contributed by atoms with Crippen LogP contribution in [-0.4, -0.2) is 14.9 Å². The number of nitrogens with zero attached hydrogens (tertiary/aromatic N) is 2. The molecule has 20 heavy (non-hydrogen) atoms. The van der Waals surface area contributed by atoms with E-state index in [2.05, 4.69) is 5.10 Å². The van der Waals surface area contributed by atoms with Crippen LogP contribution in [0.5, 0.6) is 5.75 Å². The third-order valence-corrected chi connectivity index (χ3v) is 3.49. The second-order valence-corrected chi connectivity index (χ2v) is 4.89. The second-order valence-electron chi connectivity index (χ2n) is 4.89. The molecule has 100 valence electrons. The summed E-state index contributed by atoms with van der Waals surface area (Å²) in [7, 11) is 0. The number of hydrogen-bond acceptors (Lipinski definition) is 2. The lowest BCUT2D eigenvalue weighted by Gasteiger charge is -2.12. The van der Waals surface area contributed by atoms with Crippen LogP contribution in [0, 0.1) is 13.8 Å². The van der Waals surface area contributed by atoms with E-state index in [9.17, 15) is 5.11 Å². The molecule has 2 aromatic carbocycles. The summed E-state index contributed by atoms with van der Waals surface area (Å²) in [5, 5.41) is 14.5. The van der Waals surface area contributed by atoms with Gasteiger partial charge in [-0.2, -0.15) is 5.10 Å². The average molecular weight is 264 g/mol. The third-order valence-electron chi connectivity index (χ3n) is 3.49. The Bertz CT molecular complexity index is 759. The predicted octanol–water partition coefficient (Wildman–Crippen LogP) is 3.86. The maximum absolute atomic E-state index is 10.2. The minimum absolute atomic E-state index is 0.197. The summed E-state index contributed by atoms with van der Waals surface area (Å²) >= 11 is 0. The molecule has 3 aromatic rings. The van der Waals surface area contributed by atoms with Gasteiger partial charge in [0, 0.05) is 5.56 Å². The third kappa shape index (κ3) is 1.97. The molecule has 0 radical (unpaired) electrons. The Balaban J connectivity index is 2.26. The largest absolute Gasteiger partial charge is 0.504 e. The predicted molar refractivity (Wildman–Crippen MR) is 80.1 cm³/mol. The van der Waals surface area contributed by atoms with E-state index in [4.69, 9.17) is 0 Å². The number of para-hydroxylation sites is 1. The lowest BCUT2D eigenvalue weighted by Crippen LogP contribution is -2.01. The molecule has 0 aliphatic heterocycles. The minimum atomic E-state index is 0.197. The first-order chi connectivity index (χ1) is 9.68. The number of rotatable bonds is 2. The lowest BCUT2D eigenvalue weighted by atomic mass is 10.0. The van der Waals surface area contributed by atoms with Gasteiger partial charge in [0.25, 0.3) is 0 Å². The molecule has 1 heterocycles. The Labute approximate surface area is 118 Å². The summed E-state index contributed by atoms with van der Waals surface area (Å²) in [6, 6.07) is 16.0. The van der Waals surface area contributed by atoms with Gasteiger partial charge in [-0.1, -0.05) is 42.5 Å². The Hall–Kier alpha value is -2.55. The van der Waals surface area contributed by atoms with Gasteiger partial charge >= 0.3 is 0 Å². The van der Waals surface area contributed by atoms with E-state index in [0.717, 1.165) is 28.1 Å². The fraction of sp³-hybridized carbons (Fsp3) is 0.118.